The average Bonchev–Trinajstić information content (AvgIpc) is 2.79. The minimum atomic E-state index is -4.13. The molecule has 1 unspecified atom stereocenters. The molecule has 202 valence electrons. The summed E-state index contributed by atoms with van der Waals surface area (Å²) in [5.74, 6) is -1.22. The molecule has 0 fully saturated rings. The molecule has 1 N–H and O–H groups in total. The number of carbonyl (C=O) groups is 2. The van der Waals surface area contributed by atoms with E-state index in [1.807, 2.05) is 0 Å². The fraction of sp³-hybridized carbons (Fsp3) is 0.391. The number of sulfonamides is 1. The second-order valence-corrected chi connectivity index (χ2v) is 11.2. The number of halogens is 2. The van der Waals surface area contributed by atoms with Crippen LogP contribution in [0.25, 0.3) is 0 Å². The van der Waals surface area contributed by atoms with Crippen LogP contribution in [-0.2, 0) is 26.2 Å². The highest BCUT2D eigenvalue weighted by Crippen LogP contribution is 2.34. The normalized spacial score (nSPS) is 12.1. The summed E-state index contributed by atoms with van der Waals surface area (Å²) in [5.41, 5.74) is -0.120. The molecule has 0 bridgehead atoms. The van der Waals surface area contributed by atoms with E-state index in [-0.39, 0.29) is 29.0 Å². The molecule has 2 aromatic rings. The molecule has 0 radical (unpaired) electrons. The number of hydrogen-bond donors (Lipinski definition) is 1. The maximum atomic E-state index is 13.6. The third-order valence-corrected chi connectivity index (χ3v) is 6.99. The Hall–Kier alpha value is -3.09. The van der Waals surface area contributed by atoms with Crippen LogP contribution in [-0.4, -0.2) is 62.0 Å². The number of anilines is 1. The van der Waals surface area contributed by atoms with Crippen LogP contribution in [0.5, 0.6) is 5.75 Å². The monoisotopic (exact) mass is 574 g/mol. The molecule has 2 rings (SSSR count). The van der Waals surface area contributed by atoms with E-state index >= 15 is 0 Å². The predicted octanol–water partition coefficient (Wildman–Crippen LogP) is 3.62. The van der Waals surface area contributed by atoms with Gasteiger partial charge in [-0.2, -0.15) is 0 Å². The van der Waals surface area contributed by atoms with E-state index in [2.05, 4.69) is 5.32 Å². The number of nitro groups is 1. The molecule has 0 aliphatic heterocycles. The summed E-state index contributed by atoms with van der Waals surface area (Å²) < 4.78 is 31.4. The standard InChI is InChI=1S/C23H28Cl2N4O7S/c1-14(2)26-23(31)15(3)27(12-16-6-7-17(24)10-19(16)25)22(30)13-28(37(5,34)35)20-11-18(29(32)33)8-9-21(20)36-4/h6-11,14-15H,12-13H2,1-5H3,(H,26,31). The number of carbonyl (C=O) groups excluding carboxylic acids is 2. The van der Waals surface area contributed by atoms with Gasteiger partial charge in [-0.25, -0.2) is 8.42 Å². The van der Waals surface area contributed by atoms with Crippen LogP contribution in [0.3, 0.4) is 0 Å². The Morgan fingerprint density at radius 3 is 2.30 bits per heavy atom. The Morgan fingerprint density at radius 2 is 1.78 bits per heavy atom. The second-order valence-electron chi connectivity index (χ2n) is 8.48. The Bertz CT molecular complexity index is 1290. The van der Waals surface area contributed by atoms with E-state index < -0.39 is 45.0 Å². The maximum absolute atomic E-state index is 13.6. The summed E-state index contributed by atoms with van der Waals surface area (Å²) in [7, 11) is -2.87. The zero-order valence-electron chi connectivity index (χ0n) is 20.9. The molecule has 0 aliphatic rings. The number of methoxy groups -OCH3 is 1. The number of hydrogen-bond acceptors (Lipinski definition) is 7. The number of nitrogens with one attached hydrogen (secondary N) is 1. The van der Waals surface area contributed by atoms with Crippen molar-refractivity contribution in [2.45, 2.75) is 39.4 Å². The summed E-state index contributed by atoms with van der Waals surface area (Å²) in [5, 5.41) is 14.7. The maximum Gasteiger partial charge on any atom is 0.271 e. The smallest absolute Gasteiger partial charge is 0.271 e. The highest BCUT2D eigenvalue weighted by atomic mass is 35.5. The SMILES string of the molecule is COc1ccc([N+](=O)[O-])cc1N(CC(=O)N(Cc1ccc(Cl)cc1Cl)C(C)C(=O)NC(C)C)S(C)(=O)=O. The lowest BCUT2D eigenvalue weighted by Gasteiger charge is -2.32. The molecule has 2 amide bonds. The lowest BCUT2D eigenvalue weighted by atomic mass is 10.1. The number of amides is 2. The largest absolute Gasteiger partial charge is 0.495 e. The van der Waals surface area contributed by atoms with Crippen LogP contribution >= 0.6 is 23.2 Å². The van der Waals surface area contributed by atoms with Gasteiger partial charge in [-0.15, -0.1) is 0 Å². The number of nitro benzene ring substituents is 1. The van der Waals surface area contributed by atoms with Gasteiger partial charge < -0.3 is 15.0 Å². The van der Waals surface area contributed by atoms with Crippen LogP contribution in [0.15, 0.2) is 36.4 Å². The molecule has 0 saturated carbocycles. The van der Waals surface area contributed by atoms with Gasteiger partial charge in [0.2, 0.25) is 21.8 Å². The molecule has 0 aliphatic carbocycles. The summed E-state index contributed by atoms with van der Waals surface area (Å²) in [6.07, 6.45) is 0.855. The zero-order valence-corrected chi connectivity index (χ0v) is 23.2. The van der Waals surface area contributed by atoms with Gasteiger partial charge >= 0.3 is 0 Å². The van der Waals surface area contributed by atoms with Gasteiger partial charge in [-0.3, -0.25) is 24.0 Å². The Morgan fingerprint density at radius 1 is 1.14 bits per heavy atom. The quantitative estimate of drug-likeness (QED) is 0.319. The summed E-state index contributed by atoms with van der Waals surface area (Å²) in [4.78, 5) is 38.2. The Labute approximate surface area is 225 Å². The van der Waals surface area contributed by atoms with Crippen molar-refractivity contribution in [1.82, 2.24) is 10.2 Å². The number of benzene rings is 2. The van der Waals surface area contributed by atoms with E-state index in [4.69, 9.17) is 27.9 Å². The lowest BCUT2D eigenvalue weighted by Crippen LogP contribution is -2.52. The number of non-ortho nitro benzene ring substituents is 1. The average molecular weight is 575 g/mol. The molecule has 37 heavy (non-hydrogen) atoms. The topological polar surface area (TPSA) is 139 Å². The first-order valence-corrected chi connectivity index (χ1v) is 13.6. The second kappa shape index (κ2) is 12.4. The molecule has 0 heterocycles. The van der Waals surface area contributed by atoms with Crippen molar-refractivity contribution in [1.29, 1.82) is 0 Å². The molecule has 0 saturated heterocycles. The molecule has 0 aromatic heterocycles. The third-order valence-electron chi connectivity index (χ3n) is 5.28. The highest BCUT2D eigenvalue weighted by Gasteiger charge is 2.32. The number of rotatable bonds is 11. The van der Waals surface area contributed by atoms with Gasteiger partial charge in [0.25, 0.3) is 5.69 Å². The fourth-order valence-electron chi connectivity index (χ4n) is 3.40. The summed E-state index contributed by atoms with van der Waals surface area (Å²) in [6, 6.07) is 6.80. The van der Waals surface area contributed by atoms with Gasteiger partial charge in [-0.1, -0.05) is 29.3 Å². The van der Waals surface area contributed by atoms with Crippen molar-refractivity contribution in [3.05, 3.63) is 62.1 Å². The third kappa shape index (κ3) is 7.94. The van der Waals surface area contributed by atoms with Crippen molar-refractivity contribution in [3.63, 3.8) is 0 Å². The van der Waals surface area contributed by atoms with Crippen LogP contribution in [0.1, 0.15) is 26.3 Å². The van der Waals surface area contributed by atoms with E-state index in [0.29, 0.717) is 14.9 Å². The molecule has 14 heteroatoms. The van der Waals surface area contributed by atoms with Gasteiger partial charge in [-0.05, 0) is 44.5 Å². The first-order valence-electron chi connectivity index (χ1n) is 11.0. The zero-order chi connectivity index (χ0) is 28.1. The van der Waals surface area contributed by atoms with Gasteiger partial charge in [0.05, 0.1) is 18.3 Å². The minimum Gasteiger partial charge on any atom is -0.495 e. The van der Waals surface area contributed by atoms with Gasteiger partial charge in [0, 0.05) is 34.8 Å². The Balaban J connectivity index is 2.55. The van der Waals surface area contributed by atoms with Gasteiger partial charge in [0.15, 0.2) is 0 Å². The van der Waals surface area contributed by atoms with E-state index in [9.17, 15) is 28.1 Å². The molecule has 2 aromatic carbocycles. The molecule has 1 atom stereocenters. The number of nitrogens with zero attached hydrogens (tertiary/aromatic N) is 3. The van der Waals surface area contributed by atoms with E-state index in [0.717, 1.165) is 18.4 Å². The minimum absolute atomic E-state index is 0.00159. The van der Waals surface area contributed by atoms with Crippen molar-refractivity contribution >= 4 is 56.4 Å². The van der Waals surface area contributed by atoms with Crippen molar-refractivity contribution in [2.24, 2.45) is 0 Å². The highest BCUT2D eigenvalue weighted by molar-refractivity contribution is 7.92. The molecule has 11 nitrogen and oxygen atoms in total. The number of ether oxygens (including phenoxy) is 1. The van der Waals surface area contributed by atoms with Crippen molar-refractivity contribution < 1.29 is 27.7 Å². The van der Waals surface area contributed by atoms with Crippen LogP contribution in [0.2, 0.25) is 10.0 Å². The van der Waals surface area contributed by atoms with Crippen LogP contribution in [0, 0.1) is 10.1 Å². The Kier molecular flexibility index (Phi) is 10.1. The lowest BCUT2D eigenvalue weighted by molar-refractivity contribution is -0.384. The first-order chi connectivity index (χ1) is 17.1. The van der Waals surface area contributed by atoms with Crippen LogP contribution < -0.4 is 14.4 Å². The molecular formula is C23H28Cl2N4O7S. The van der Waals surface area contributed by atoms with Crippen molar-refractivity contribution in [2.75, 3.05) is 24.2 Å². The fourth-order valence-corrected chi connectivity index (χ4v) is 4.72. The predicted molar refractivity (Wildman–Crippen MR) is 142 cm³/mol. The summed E-state index contributed by atoms with van der Waals surface area (Å²) >= 11 is 12.3. The molecular weight excluding hydrogens is 547 g/mol. The summed E-state index contributed by atoms with van der Waals surface area (Å²) in [6.45, 7) is 4.11. The van der Waals surface area contributed by atoms with Crippen molar-refractivity contribution in [3.8, 4) is 5.75 Å². The first kappa shape index (κ1) is 30.1. The molecule has 0 spiro atoms. The van der Waals surface area contributed by atoms with Crippen LogP contribution in [0.4, 0.5) is 11.4 Å². The van der Waals surface area contributed by atoms with E-state index in [1.165, 1.54) is 31.1 Å². The van der Waals surface area contributed by atoms with Gasteiger partial charge in [0.1, 0.15) is 24.0 Å². The van der Waals surface area contributed by atoms with E-state index in [1.54, 1.807) is 26.0 Å².